The van der Waals surface area contributed by atoms with Gasteiger partial charge in [-0.2, -0.15) is 0 Å². The average molecular weight is 245 g/mol. The standard InChI is InChI=1S/C11H15N7/c1-8-10(16-12)14-7-15-11(8)18-5-4-17-3-2-13-9(17)6-18/h2-3,7H,4-6,12H2,1H3,(H,14,15,16). The van der Waals surface area contributed by atoms with Crippen molar-refractivity contribution in [1.82, 2.24) is 19.5 Å². The van der Waals surface area contributed by atoms with Crippen LogP contribution in [0.15, 0.2) is 18.7 Å². The molecule has 2 aromatic heterocycles. The Morgan fingerprint density at radius 3 is 3.00 bits per heavy atom. The van der Waals surface area contributed by atoms with Crippen LogP contribution < -0.4 is 16.2 Å². The fourth-order valence-corrected chi connectivity index (χ4v) is 2.26. The molecule has 2 aromatic rings. The van der Waals surface area contributed by atoms with Crippen molar-refractivity contribution in [2.24, 2.45) is 5.84 Å². The fraction of sp³-hybridized carbons (Fsp3) is 0.364. The number of hydrazine groups is 1. The molecule has 7 heteroatoms. The third-order valence-electron chi connectivity index (χ3n) is 3.24. The number of rotatable bonds is 2. The Hall–Kier alpha value is -2.15. The van der Waals surface area contributed by atoms with Crippen LogP contribution in [0.1, 0.15) is 11.4 Å². The number of hydrogen-bond donors (Lipinski definition) is 2. The van der Waals surface area contributed by atoms with Crippen LogP contribution in [0.25, 0.3) is 0 Å². The second-order valence-corrected chi connectivity index (χ2v) is 4.27. The average Bonchev–Trinajstić information content (AvgIpc) is 2.86. The summed E-state index contributed by atoms with van der Waals surface area (Å²) in [5, 5.41) is 0. The van der Waals surface area contributed by atoms with Crippen molar-refractivity contribution in [2.75, 3.05) is 16.9 Å². The van der Waals surface area contributed by atoms with Crippen LogP contribution in [0, 0.1) is 6.92 Å². The van der Waals surface area contributed by atoms with Crippen molar-refractivity contribution >= 4 is 11.6 Å². The Kier molecular flexibility index (Phi) is 2.60. The summed E-state index contributed by atoms with van der Waals surface area (Å²) in [6.45, 7) is 4.55. The molecule has 0 spiro atoms. The topological polar surface area (TPSA) is 84.9 Å². The van der Waals surface area contributed by atoms with E-state index in [9.17, 15) is 0 Å². The van der Waals surface area contributed by atoms with Crippen LogP contribution in [0.3, 0.4) is 0 Å². The lowest BCUT2D eigenvalue weighted by Crippen LogP contribution is -2.34. The molecule has 0 unspecified atom stereocenters. The zero-order valence-electron chi connectivity index (χ0n) is 10.2. The summed E-state index contributed by atoms with van der Waals surface area (Å²) >= 11 is 0. The van der Waals surface area contributed by atoms with Crippen molar-refractivity contribution in [3.05, 3.63) is 30.1 Å². The lowest BCUT2D eigenvalue weighted by Gasteiger charge is -2.29. The third kappa shape index (κ3) is 1.68. The molecule has 0 aromatic carbocycles. The zero-order valence-corrected chi connectivity index (χ0v) is 10.2. The van der Waals surface area contributed by atoms with Gasteiger partial charge in [-0.3, -0.25) is 0 Å². The molecule has 0 aliphatic carbocycles. The molecule has 0 fully saturated rings. The largest absolute Gasteiger partial charge is 0.347 e. The van der Waals surface area contributed by atoms with Crippen LogP contribution in [0.4, 0.5) is 11.6 Å². The van der Waals surface area contributed by atoms with Crippen molar-refractivity contribution in [1.29, 1.82) is 0 Å². The third-order valence-corrected chi connectivity index (χ3v) is 3.24. The maximum atomic E-state index is 5.43. The van der Waals surface area contributed by atoms with E-state index in [0.717, 1.165) is 36.8 Å². The van der Waals surface area contributed by atoms with E-state index in [1.54, 1.807) is 0 Å². The summed E-state index contributed by atoms with van der Waals surface area (Å²) in [5.41, 5.74) is 3.55. The number of nitrogens with one attached hydrogen (secondary N) is 1. The Labute approximate surface area is 105 Å². The quantitative estimate of drug-likeness (QED) is 0.584. The molecular formula is C11H15N7. The smallest absolute Gasteiger partial charge is 0.148 e. The van der Waals surface area contributed by atoms with E-state index in [1.165, 1.54) is 6.33 Å². The van der Waals surface area contributed by atoms with Gasteiger partial charge in [-0.1, -0.05) is 0 Å². The molecule has 3 rings (SSSR count). The molecule has 0 radical (unpaired) electrons. The van der Waals surface area contributed by atoms with Gasteiger partial charge in [0.25, 0.3) is 0 Å². The number of nitrogens with zero attached hydrogens (tertiary/aromatic N) is 5. The molecule has 0 bridgehead atoms. The first-order valence-corrected chi connectivity index (χ1v) is 5.83. The SMILES string of the molecule is Cc1c(NN)ncnc1N1CCn2ccnc2C1. The van der Waals surface area contributed by atoms with Gasteiger partial charge < -0.3 is 14.9 Å². The molecule has 7 nitrogen and oxygen atoms in total. The highest BCUT2D eigenvalue weighted by atomic mass is 15.3. The van der Waals surface area contributed by atoms with E-state index >= 15 is 0 Å². The number of hydrogen-bond acceptors (Lipinski definition) is 6. The molecule has 18 heavy (non-hydrogen) atoms. The van der Waals surface area contributed by atoms with Crippen LogP contribution in [-0.2, 0) is 13.1 Å². The normalized spacial score (nSPS) is 14.4. The lowest BCUT2D eigenvalue weighted by molar-refractivity contribution is 0.555. The van der Waals surface area contributed by atoms with Gasteiger partial charge in [-0.05, 0) is 6.92 Å². The Bertz CT molecular complexity index is 562. The number of nitrogen functional groups attached to an aromatic ring is 1. The van der Waals surface area contributed by atoms with E-state index in [-0.39, 0.29) is 0 Å². The van der Waals surface area contributed by atoms with Crippen molar-refractivity contribution in [3.63, 3.8) is 0 Å². The van der Waals surface area contributed by atoms with Gasteiger partial charge in [0.15, 0.2) is 0 Å². The van der Waals surface area contributed by atoms with Crippen LogP contribution in [0.5, 0.6) is 0 Å². The van der Waals surface area contributed by atoms with E-state index in [2.05, 4.69) is 29.8 Å². The van der Waals surface area contributed by atoms with Gasteiger partial charge >= 0.3 is 0 Å². The molecular weight excluding hydrogens is 230 g/mol. The second-order valence-electron chi connectivity index (χ2n) is 4.27. The molecule has 94 valence electrons. The number of nitrogens with two attached hydrogens (primary N) is 1. The van der Waals surface area contributed by atoms with Gasteiger partial charge in [-0.15, -0.1) is 0 Å². The molecule has 0 saturated heterocycles. The highest BCUT2D eigenvalue weighted by Crippen LogP contribution is 2.24. The van der Waals surface area contributed by atoms with Gasteiger partial charge in [0.05, 0.1) is 6.54 Å². The van der Waals surface area contributed by atoms with Crippen LogP contribution in [-0.4, -0.2) is 26.1 Å². The van der Waals surface area contributed by atoms with Gasteiger partial charge in [0.2, 0.25) is 0 Å². The van der Waals surface area contributed by atoms with Crippen LogP contribution >= 0.6 is 0 Å². The number of aromatic nitrogens is 4. The summed E-state index contributed by atoms with van der Waals surface area (Å²) < 4.78 is 2.16. The Morgan fingerprint density at radius 2 is 2.17 bits per heavy atom. The Morgan fingerprint density at radius 1 is 1.28 bits per heavy atom. The summed E-state index contributed by atoms with van der Waals surface area (Å²) in [6, 6.07) is 0. The predicted octanol–water partition coefficient (Wildman–Crippen LogP) is 0.287. The highest BCUT2D eigenvalue weighted by molar-refractivity contribution is 5.57. The minimum Gasteiger partial charge on any atom is -0.347 e. The first kappa shape index (κ1) is 11.0. The van der Waals surface area contributed by atoms with E-state index in [0.29, 0.717) is 5.82 Å². The minimum absolute atomic E-state index is 0.661. The number of imidazole rings is 1. The maximum absolute atomic E-state index is 5.43. The van der Waals surface area contributed by atoms with Gasteiger partial charge in [0.1, 0.15) is 23.8 Å². The van der Waals surface area contributed by atoms with Crippen molar-refractivity contribution in [3.8, 4) is 0 Å². The van der Waals surface area contributed by atoms with Gasteiger partial charge in [-0.25, -0.2) is 20.8 Å². The molecule has 3 N–H and O–H groups in total. The molecule has 1 aliphatic rings. The summed E-state index contributed by atoms with van der Waals surface area (Å²) in [6.07, 6.45) is 5.36. The molecule has 1 aliphatic heterocycles. The van der Waals surface area contributed by atoms with Crippen LogP contribution in [0.2, 0.25) is 0 Å². The summed E-state index contributed by atoms with van der Waals surface area (Å²) in [7, 11) is 0. The molecule has 0 atom stereocenters. The fourth-order valence-electron chi connectivity index (χ4n) is 2.26. The molecule has 3 heterocycles. The lowest BCUT2D eigenvalue weighted by atomic mass is 10.2. The first-order valence-electron chi connectivity index (χ1n) is 5.83. The minimum atomic E-state index is 0.661. The summed E-state index contributed by atoms with van der Waals surface area (Å²) in [4.78, 5) is 15.0. The first-order chi connectivity index (χ1) is 8.79. The number of anilines is 2. The predicted molar refractivity (Wildman–Crippen MR) is 67.9 cm³/mol. The van der Waals surface area contributed by atoms with Gasteiger partial charge in [0, 0.05) is 31.0 Å². The molecule has 0 amide bonds. The number of fused-ring (bicyclic) bond motifs is 1. The van der Waals surface area contributed by atoms with E-state index in [1.807, 2.05) is 19.3 Å². The van der Waals surface area contributed by atoms with Crippen molar-refractivity contribution < 1.29 is 0 Å². The summed E-state index contributed by atoms with van der Waals surface area (Å²) in [5.74, 6) is 8.06. The monoisotopic (exact) mass is 245 g/mol. The van der Waals surface area contributed by atoms with E-state index in [4.69, 9.17) is 5.84 Å². The second kappa shape index (κ2) is 4.26. The zero-order chi connectivity index (χ0) is 12.5. The van der Waals surface area contributed by atoms with Crippen molar-refractivity contribution in [2.45, 2.75) is 20.0 Å². The maximum Gasteiger partial charge on any atom is 0.148 e. The highest BCUT2D eigenvalue weighted by Gasteiger charge is 2.20. The van der Waals surface area contributed by atoms with E-state index < -0.39 is 0 Å². The molecule has 0 saturated carbocycles. The Balaban J connectivity index is 1.93.